The molecule has 1 heterocycles. The van der Waals surface area contributed by atoms with Crippen LogP contribution in [-0.4, -0.2) is 18.2 Å². The molecular weight excluding hydrogens is 156 g/mol. The zero-order valence-corrected chi connectivity index (χ0v) is 6.89. The van der Waals surface area contributed by atoms with Gasteiger partial charge in [-0.05, 0) is 6.92 Å². The minimum Gasteiger partial charge on any atom is -0.495 e. The molecule has 52 valence electrons. The lowest BCUT2D eigenvalue weighted by Crippen LogP contribution is -2.06. The molecule has 0 unspecified atom stereocenters. The van der Waals surface area contributed by atoms with Crippen LogP contribution in [-0.2, 0) is 4.74 Å². The highest BCUT2D eigenvalue weighted by atomic mass is 35.5. The van der Waals surface area contributed by atoms with Crippen molar-refractivity contribution in [3.8, 4) is 0 Å². The normalized spacial score (nSPS) is 19.8. The number of ether oxygens (including phenoxy) is 1. The number of rotatable bonds is 1. The highest BCUT2D eigenvalue weighted by molar-refractivity contribution is 8.03. The van der Waals surface area contributed by atoms with Crippen LogP contribution in [0.4, 0.5) is 0 Å². The Hall–Kier alpha value is 0.180. The van der Waals surface area contributed by atoms with Crippen molar-refractivity contribution in [2.24, 2.45) is 0 Å². The zero-order valence-electron chi connectivity index (χ0n) is 5.32. The minimum absolute atomic E-state index is 0.513. The van der Waals surface area contributed by atoms with Crippen LogP contribution in [0, 0.1) is 0 Å². The molecule has 0 saturated heterocycles. The second-order valence-electron chi connectivity index (χ2n) is 1.81. The van der Waals surface area contributed by atoms with Gasteiger partial charge < -0.3 is 4.74 Å². The zero-order chi connectivity index (χ0) is 6.69. The molecule has 3 heteroatoms. The van der Waals surface area contributed by atoms with Crippen LogP contribution in [0.5, 0.6) is 0 Å². The van der Waals surface area contributed by atoms with Gasteiger partial charge in [-0.1, -0.05) is 0 Å². The Balaban J connectivity index is 2.59. The number of alkyl halides is 1. The molecule has 0 saturated carbocycles. The highest BCUT2D eigenvalue weighted by Gasteiger charge is 2.08. The van der Waals surface area contributed by atoms with Gasteiger partial charge in [-0.25, -0.2) is 0 Å². The van der Waals surface area contributed by atoms with Crippen molar-refractivity contribution in [1.82, 2.24) is 0 Å². The molecule has 9 heavy (non-hydrogen) atoms. The average molecular weight is 165 g/mol. The molecule has 1 rings (SSSR count). The molecule has 0 amide bonds. The molecule has 0 spiro atoms. The van der Waals surface area contributed by atoms with Crippen LogP contribution in [0.25, 0.3) is 0 Å². The molecule has 0 aromatic carbocycles. The SMILES string of the molecule is CC1=C(CCl)OCCS1. The molecule has 0 fully saturated rings. The lowest BCUT2D eigenvalue weighted by molar-refractivity contribution is 0.231. The van der Waals surface area contributed by atoms with Crippen molar-refractivity contribution in [3.63, 3.8) is 0 Å². The monoisotopic (exact) mass is 164 g/mol. The van der Waals surface area contributed by atoms with Crippen molar-refractivity contribution in [1.29, 1.82) is 0 Å². The van der Waals surface area contributed by atoms with Gasteiger partial charge in [0, 0.05) is 10.7 Å². The number of hydrogen-bond donors (Lipinski definition) is 0. The summed E-state index contributed by atoms with van der Waals surface area (Å²) in [5.41, 5.74) is 0. The maximum Gasteiger partial charge on any atom is 0.120 e. The third kappa shape index (κ3) is 1.80. The summed E-state index contributed by atoms with van der Waals surface area (Å²) in [5.74, 6) is 2.53. The van der Waals surface area contributed by atoms with E-state index >= 15 is 0 Å². The fourth-order valence-corrected chi connectivity index (χ4v) is 1.80. The van der Waals surface area contributed by atoms with E-state index in [1.54, 1.807) is 0 Å². The molecule has 1 aliphatic heterocycles. The summed E-state index contributed by atoms with van der Waals surface area (Å²) >= 11 is 7.40. The van der Waals surface area contributed by atoms with Gasteiger partial charge in [0.2, 0.25) is 0 Å². The smallest absolute Gasteiger partial charge is 0.120 e. The van der Waals surface area contributed by atoms with Crippen LogP contribution >= 0.6 is 23.4 Å². The molecule has 0 N–H and O–H groups in total. The lowest BCUT2D eigenvalue weighted by Gasteiger charge is -2.16. The van der Waals surface area contributed by atoms with Crippen molar-refractivity contribution in [2.75, 3.05) is 18.2 Å². The Kier molecular flexibility index (Phi) is 2.73. The number of thioether (sulfide) groups is 1. The van der Waals surface area contributed by atoms with E-state index in [2.05, 4.69) is 0 Å². The summed E-state index contributed by atoms with van der Waals surface area (Å²) in [6.45, 7) is 2.85. The van der Waals surface area contributed by atoms with Crippen LogP contribution in [0.15, 0.2) is 10.7 Å². The first kappa shape index (κ1) is 7.29. The highest BCUT2D eigenvalue weighted by Crippen LogP contribution is 2.24. The molecule has 0 aliphatic carbocycles. The van der Waals surface area contributed by atoms with Gasteiger partial charge >= 0.3 is 0 Å². The molecular formula is C6H9ClOS. The summed E-state index contributed by atoms with van der Waals surface area (Å²) < 4.78 is 5.27. The second-order valence-corrected chi connectivity index (χ2v) is 3.39. The Labute approximate surface area is 64.4 Å². The van der Waals surface area contributed by atoms with Crippen molar-refractivity contribution in [2.45, 2.75) is 6.92 Å². The maximum atomic E-state index is 5.58. The molecule has 0 radical (unpaired) electrons. The van der Waals surface area contributed by atoms with E-state index in [1.165, 1.54) is 4.91 Å². The molecule has 0 bridgehead atoms. The number of hydrogen-bond acceptors (Lipinski definition) is 2. The van der Waals surface area contributed by atoms with E-state index in [-0.39, 0.29) is 0 Å². The maximum absolute atomic E-state index is 5.58. The molecule has 0 atom stereocenters. The van der Waals surface area contributed by atoms with E-state index < -0.39 is 0 Å². The van der Waals surface area contributed by atoms with Crippen LogP contribution in [0.1, 0.15) is 6.92 Å². The van der Waals surface area contributed by atoms with E-state index in [0.717, 1.165) is 18.1 Å². The largest absolute Gasteiger partial charge is 0.495 e. The third-order valence-corrected chi connectivity index (χ3v) is 2.47. The number of halogens is 1. The second kappa shape index (κ2) is 3.37. The Morgan fingerprint density at radius 2 is 2.56 bits per heavy atom. The predicted octanol–water partition coefficient (Wildman–Crippen LogP) is 2.22. The Morgan fingerprint density at radius 1 is 1.78 bits per heavy atom. The molecule has 1 nitrogen and oxygen atoms in total. The standard InChI is InChI=1S/C6H9ClOS/c1-5-6(4-7)8-2-3-9-5/h2-4H2,1H3. The summed E-state index contributed by atoms with van der Waals surface area (Å²) in [6.07, 6.45) is 0. The van der Waals surface area contributed by atoms with Crippen LogP contribution < -0.4 is 0 Å². The van der Waals surface area contributed by atoms with Crippen molar-refractivity contribution >= 4 is 23.4 Å². The Morgan fingerprint density at radius 3 is 3.00 bits per heavy atom. The summed E-state index contributed by atoms with van der Waals surface area (Å²) in [4.78, 5) is 1.23. The van der Waals surface area contributed by atoms with Gasteiger partial charge in [0.15, 0.2) is 0 Å². The van der Waals surface area contributed by atoms with Crippen molar-refractivity contribution in [3.05, 3.63) is 10.7 Å². The van der Waals surface area contributed by atoms with E-state index in [0.29, 0.717) is 5.88 Å². The topological polar surface area (TPSA) is 9.23 Å². The van der Waals surface area contributed by atoms with Gasteiger partial charge in [-0.2, -0.15) is 0 Å². The molecule has 0 aromatic heterocycles. The average Bonchev–Trinajstić information content (AvgIpc) is 1.89. The first-order chi connectivity index (χ1) is 4.34. The van der Waals surface area contributed by atoms with Gasteiger partial charge in [0.25, 0.3) is 0 Å². The molecule has 1 aliphatic rings. The van der Waals surface area contributed by atoms with E-state index in [4.69, 9.17) is 16.3 Å². The summed E-state index contributed by atoms with van der Waals surface area (Å²) in [6, 6.07) is 0. The van der Waals surface area contributed by atoms with Gasteiger partial charge in [-0.15, -0.1) is 23.4 Å². The lowest BCUT2D eigenvalue weighted by atomic mass is 10.5. The fraction of sp³-hybridized carbons (Fsp3) is 0.667. The van der Waals surface area contributed by atoms with Crippen molar-refractivity contribution < 1.29 is 4.74 Å². The Bertz CT molecular complexity index is 133. The minimum atomic E-state index is 0.513. The first-order valence-corrected chi connectivity index (χ1v) is 4.38. The fourth-order valence-electron chi connectivity index (χ4n) is 0.674. The van der Waals surface area contributed by atoms with Gasteiger partial charge in [0.05, 0.1) is 12.5 Å². The summed E-state index contributed by atoms with van der Waals surface area (Å²) in [7, 11) is 0. The van der Waals surface area contributed by atoms with Crippen LogP contribution in [0.3, 0.4) is 0 Å². The first-order valence-electron chi connectivity index (χ1n) is 2.86. The quantitative estimate of drug-likeness (QED) is 0.550. The van der Waals surface area contributed by atoms with Gasteiger partial charge in [-0.3, -0.25) is 0 Å². The van der Waals surface area contributed by atoms with Gasteiger partial charge in [0.1, 0.15) is 5.76 Å². The van der Waals surface area contributed by atoms with Crippen LogP contribution in [0.2, 0.25) is 0 Å². The molecule has 0 aromatic rings. The van der Waals surface area contributed by atoms with E-state index in [1.807, 2.05) is 18.7 Å². The summed E-state index contributed by atoms with van der Waals surface area (Å²) in [5, 5.41) is 0. The van der Waals surface area contributed by atoms with E-state index in [9.17, 15) is 0 Å². The third-order valence-electron chi connectivity index (χ3n) is 1.19. The number of allylic oxidation sites excluding steroid dienone is 2. The predicted molar refractivity (Wildman–Crippen MR) is 41.8 cm³/mol.